The van der Waals surface area contributed by atoms with Crippen molar-refractivity contribution in [3.05, 3.63) is 21.9 Å². The fourth-order valence-corrected chi connectivity index (χ4v) is 5.07. The monoisotopic (exact) mass is 322 g/mol. The number of hydrogen-bond acceptors (Lipinski definition) is 4. The van der Waals surface area contributed by atoms with Crippen LogP contribution in [0, 0.1) is 11.8 Å². The Balaban J connectivity index is 1.81. The molecule has 2 saturated carbocycles. The van der Waals surface area contributed by atoms with Crippen LogP contribution >= 0.6 is 11.3 Å². The Labute approximate surface area is 134 Å². The molecule has 2 fully saturated rings. The number of carboxylic acids is 1. The third kappa shape index (κ3) is 2.56. The molecule has 0 radical (unpaired) electrons. The quantitative estimate of drug-likeness (QED) is 0.836. The van der Waals surface area contributed by atoms with Crippen LogP contribution in [0.15, 0.2) is 12.1 Å². The molecule has 0 saturated heterocycles. The van der Waals surface area contributed by atoms with E-state index in [0.29, 0.717) is 17.4 Å². The minimum atomic E-state index is -0.753. The van der Waals surface area contributed by atoms with E-state index in [9.17, 15) is 14.7 Å². The average molecular weight is 322 g/mol. The first-order valence-corrected chi connectivity index (χ1v) is 8.92. The molecule has 2 atom stereocenters. The molecule has 5 heteroatoms. The van der Waals surface area contributed by atoms with Crippen molar-refractivity contribution in [1.82, 2.24) is 0 Å². The van der Waals surface area contributed by atoms with E-state index < -0.39 is 11.4 Å². The van der Waals surface area contributed by atoms with E-state index in [1.54, 1.807) is 13.0 Å². The minimum absolute atomic E-state index is 0.235. The van der Waals surface area contributed by atoms with Gasteiger partial charge in [0, 0.05) is 4.88 Å². The lowest BCUT2D eigenvalue weighted by atomic mass is 9.82. The zero-order valence-electron chi connectivity index (χ0n) is 12.8. The van der Waals surface area contributed by atoms with Crippen LogP contribution in [0.4, 0.5) is 0 Å². The molecular weight excluding hydrogens is 300 g/mol. The summed E-state index contributed by atoms with van der Waals surface area (Å²) in [5, 5.41) is 9.80. The van der Waals surface area contributed by atoms with Crippen LogP contribution in [0.25, 0.3) is 0 Å². The summed E-state index contributed by atoms with van der Waals surface area (Å²) in [4.78, 5) is 25.1. The van der Waals surface area contributed by atoms with Gasteiger partial charge in [0.05, 0.1) is 6.61 Å². The van der Waals surface area contributed by atoms with Gasteiger partial charge in [-0.1, -0.05) is 32.1 Å². The summed E-state index contributed by atoms with van der Waals surface area (Å²) >= 11 is 1.29. The number of rotatable bonds is 5. The molecule has 2 unspecified atom stereocenters. The van der Waals surface area contributed by atoms with E-state index >= 15 is 0 Å². The van der Waals surface area contributed by atoms with E-state index in [-0.39, 0.29) is 11.9 Å². The first kappa shape index (κ1) is 15.5. The summed E-state index contributed by atoms with van der Waals surface area (Å²) < 4.78 is 5.00. The molecule has 2 aliphatic carbocycles. The van der Waals surface area contributed by atoms with E-state index in [2.05, 4.69) is 0 Å². The SMILES string of the molecule is CCOC(=O)c1ccc(C2(C(=O)O)CC2C2CCCCC2)s1. The maximum atomic E-state index is 11.9. The van der Waals surface area contributed by atoms with E-state index in [0.717, 1.165) is 24.1 Å². The van der Waals surface area contributed by atoms with Crippen molar-refractivity contribution < 1.29 is 19.4 Å². The third-order valence-corrected chi connectivity index (χ3v) is 6.38. The zero-order valence-corrected chi connectivity index (χ0v) is 13.7. The second kappa shape index (κ2) is 6.03. The second-order valence-corrected chi connectivity index (χ2v) is 7.45. The van der Waals surface area contributed by atoms with E-state index in [1.807, 2.05) is 6.07 Å². The Morgan fingerprint density at radius 1 is 1.32 bits per heavy atom. The molecule has 22 heavy (non-hydrogen) atoms. The van der Waals surface area contributed by atoms with Crippen molar-refractivity contribution in [3.63, 3.8) is 0 Å². The maximum Gasteiger partial charge on any atom is 0.348 e. The van der Waals surface area contributed by atoms with Gasteiger partial charge in [-0.2, -0.15) is 0 Å². The maximum absolute atomic E-state index is 11.9. The predicted octanol–water partition coefficient (Wildman–Crippen LogP) is 3.85. The molecule has 0 aliphatic heterocycles. The highest BCUT2D eigenvalue weighted by Crippen LogP contribution is 2.61. The van der Waals surface area contributed by atoms with Crippen LogP contribution in [0.2, 0.25) is 0 Å². The summed E-state index contributed by atoms with van der Waals surface area (Å²) in [5.41, 5.74) is -0.753. The Hall–Kier alpha value is -1.36. The number of hydrogen-bond donors (Lipinski definition) is 1. The Morgan fingerprint density at radius 3 is 2.68 bits per heavy atom. The van der Waals surface area contributed by atoms with Crippen molar-refractivity contribution in [2.45, 2.75) is 50.9 Å². The standard InChI is InChI=1S/C17H22O4S/c1-2-21-15(18)13-8-9-14(22-13)17(16(19)20)10-12(17)11-6-4-3-5-7-11/h8-9,11-12H,2-7,10H2,1H3,(H,19,20). The first-order chi connectivity index (χ1) is 10.6. The Bertz CT molecular complexity index is 573. The predicted molar refractivity (Wildman–Crippen MR) is 84.3 cm³/mol. The summed E-state index contributed by atoms with van der Waals surface area (Å²) in [6.45, 7) is 2.10. The number of ether oxygens (including phenoxy) is 1. The van der Waals surface area contributed by atoms with Crippen molar-refractivity contribution in [3.8, 4) is 0 Å². The van der Waals surface area contributed by atoms with Gasteiger partial charge in [-0.05, 0) is 37.3 Å². The van der Waals surface area contributed by atoms with Gasteiger partial charge in [-0.15, -0.1) is 11.3 Å². The lowest BCUT2D eigenvalue weighted by Gasteiger charge is -2.23. The largest absolute Gasteiger partial charge is 0.481 e. The van der Waals surface area contributed by atoms with Gasteiger partial charge in [-0.25, -0.2) is 4.79 Å². The van der Waals surface area contributed by atoms with Crippen molar-refractivity contribution >= 4 is 23.3 Å². The minimum Gasteiger partial charge on any atom is -0.481 e. The number of carbonyl (C=O) groups excluding carboxylic acids is 1. The topological polar surface area (TPSA) is 63.6 Å². The molecule has 2 aliphatic rings. The molecule has 0 spiro atoms. The van der Waals surface area contributed by atoms with Crippen LogP contribution in [0.1, 0.15) is 60.0 Å². The van der Waals surface area contributed by atoms with Crippen molar-refractivity contribution in [2.24, 2.45) is 11.8 Å². The summed E-state index contributed by atoms with van der Waals surface area (Å²) in [6.07, 6.45) is 6.72. The molecule has 0 bridgehead atoms. The van der Waals surface area contributed by atoms with Gasteiger partial charge in [0.25, 0.3) is 0 Å². The molecule has 3 rings (SSSR count). The fraction of sp³-hybridized carbons (Fsp3) is 0.647. The molecule has 0 amide bonds. The molecule has 1 aromatic heterocycles. The second-order valence-electron chi connectivity index (χ2n) is 6.37. The highest BCUT2D eigenvalue weighted by molar-refractivity contribution is 7.14. The molecule has 120 valence electrons. The summed E-state index contributed by atoms with van der Waals surface area (Å²) in [6, 6.07) is 3.52. The third-order valence-electron chi connectivity index (χ3n) is 5.14. The van der Waals surface area contributed by atoms with Gasteiger partial charge in [-0.3, -0.25) is 4.79 Å². The van der Waals surface area contributed by atoms with Gasteiger partial charge >= 0.3 is 11.9 Å². The van der Waals surface area contributed by atoms with Gasteiger partial charge in [0.1, 0.15) is 10.3 Å². The lowest BCUT2D eigenvalue weighted by Crippen LogP contribution is -2.25. The van der Waals surface area contributed by atoms with Crippen LogP contribution in [-0.2, 0) is 14.9 Å². The number of thiophene rings is 1. The summed E-state index contributed by atoms with van der Waals surface area (Å²) in [5.74, 6) is -0.327. The summed E-state index contributed by atoms with van der Waals surface area (Å²) in [7, 11) is 0. The van der Waals surface area contributed by atoms with E-state index in [4.69, 9.17) is 4.74 Å². The average Bonchev–Trinajstić information content (AvgIpc) is 3.10. The number of carboxylic acid groups (broad SMARTS) is 1. The Kier molecular flexibility index (Phi) is 4.26. The van der Waals surface area contributed by atoms with Gasteiger partial charge in [0.2, 0.25) is 0 Å². The molecule has 1 N–H and O–H groups in total. The number of carbonyl (C=O) groups is 2. The van der Waals surface area contributed by atoms with Crippen molar-refractivity contribution in [1.29, 1.82) is 0 Å². The normalized spacial score (nSPS) is 28.3. The van der Waals surface area contributed by atoms with Crippen LogP contribution in [0.3, 0.4) is 0 Å². The first-order valence-electron chi connectivity index (χ1n) is 8.10. The molecular formula is C17H22O4S. The highest BCUT2D eigenvalue weighted by Gasteiger charge is 2.64. The van der Waals surface area contributed by atoms with Gasteiger partial charge in [0.15, 0.2) is 0 Å². The Morgan fingerprint density at radius 2 is 2.05 bits per heavy atom. The smallest absolute Gasteiger partial charge is 0.348 e. The zero-order chi connectivity index (χ0) is 15.7. The van der Waals surface area contributed by atoms with Crippen LogP contribution in [0.5, 0.6) is 0 Å². The van der Waals surface area contributed by atoms with Crippen LogP contribution in [-0.4, -0.2) is 23.7 Å². The van der Waals surface area contributed by atoms with Crippen molar-refractivity contribution in [2.75, 3.05) is 6.61 Å². The molecule has 0 aromatic carbocycles. The fourth-order valence-electron chi connectivity index (χ4n) is 3.92. The number of esters is 1. The van der Waals surface area contributed by atoms with Crippen LogP contribution < -0.4 is 0 Å². The van der Waals surface area contributed by atoms with E-state index in [1.165, 1.54) is 30.6 Å². The molecule has 4 nitrogen and oxygen atoms in total. The lowest BCUT2D eigenvalue weighted by molar-refractivity contribution is -0.140. The highest BCUT2D eigenvalue weighted by atomic mass is 32.1. The number of aliphatic carboxylic acids is 1. The molecule has 1 aromatic rings. The van der Waals surface area contributed by atoms with Gasteiger partial charge < -0.3 is 9.84 Å². The molecule has 1 heterocycles.